The van der Waals surface area contributed by atoms with Crippen LogP contribution in [0.1, 0.15) is 29.4 Å². The number of methoxy groups -OCH3 is 1. The van der Waals surface area contributed by atoms with E-state index in [1.807, 2.05) is 13.8 Å². The second-order valence-corrected chi connectivity index (χ2v) is 4.29. The first kappa shape index (κ1) is 14.4. The zero-order valence-electron chi connectivity index (χ0n) is 11.4. The highest BCUT2D eigenvalue weighted by Gasteiger charge is 2.11. The van der Waals surface area contributed by atoms with Crippen molar-refractivity contribution in [3.05, 3.63) is 23.4 Å². The minimum Gasteiger partial charge on any atom is -0.385 e. The Hall–Kier alpha value is -1.62. The smallest absolute Gasteiger partial charge is 0.251 e. The number of nitrogens with zero attached hydrogens (tertiary/aromatic N) is 1. The monoisotopic (exact) mass is 251 g/mol. The van der Waals surface area contributed by atoms with E-state index in [1.54, 1.807) is 26.3 Å². The Morgan fingerprint density at radius 1 is 1.50 bits per heavy atom. The quantitative estimate of drug-likeness (QED) is 0.806. The molecule has 1 amide bonds. The topological polar surface area (TPSA) is 63.2 Å². The molecule has 0 aliphatic heterocycles. The van der Waals surface area contributed by atoms with Gasteiger partial charge in [0.25, 0.3) is 5.91 Å². The molecule has 5 nitrogen and oxygen atoms in total. The fourth-order valence-electron chi connectivity index (χ4n) is 1.60. The third-order valence-corrected chi connectivity index (χ3v) is 2.60. The van der Waals surface area contributed by atoms with E-state index in [-0.39, 0.29) is 11.9 Å². The minimum absolute atomic E-state index is 0.0828. The minimum atomic E-state index is -0.0828. The number of anilines is 1. The molecule has 1 rings (SSSR count). The van der Waals surface area contributed by atoms with Crippen molar-refractivity contribution in [3.8, 4) is 0 Å². The van der Waals surface area contributed by atoms with Gasteiger partial charge in [-0.2, -0.15) is 0 Å². The summed E-state index contributed by atoms with van der Waals surface area (Å²) in [6.45, 7) is 4.47. The molecule has 1 unspecified atom stereocenters. The maximum atomic E-state index is 12.0. The van der Waals surface area contributed by atoms with Crippen LogP contribution in [-0.2, 0) is 4.74 Å². The lowest BCUT2D eigenvalue weighted by atomic mass is 10.2. The first-order chi connectivity index (χ1) is 8.56. The molecule has 1 heterocycles. The molecule has 2 N–H and O–H groups in total. The molecule has 0 aromatic carbocycles. The van der Waals surface area contributed by atoms with Crippen molar-refractivity contribution in [3.63, 3.8) is 0 Å². The molecule has 0 radical (unpaired) electrons. The Kier molecular flexibility index (Phi) is 5.58. The summed E-state index contributed by atoms with van der Waals surface area (Å²) >= 11 is 0. The molecule has 0 bridgehead atoms. The fourth-order valence-corrected chi connectivity index (χ4v) is 1.60. The molecule has 0 aliphatic carbocycles. The van der Waals surface area contributed by atoms with E-state index in [0.29, 0.717) is 18.0 Å². The van der Waals surface area contributed by atoms with Crippen LogP contribution in [0.2, 0.25) is 0 Å². The molecule has 5 heteroatoms. The van der Waals surface area contributed by atoms with Crippen molar-refractivity contribution in [2.45, 2.75) is 26.3 Å². The summed E-state index contributed by atoms with van der Waals surface area (Å²) in [7, 11) is 3.44. The van der Waals surface area contributed by atoms with Crippen LogP contribution in [0.3, 0.4) is 0 Å². The lowest BCUT2D eigenvalue weighted by molar-refractivity contribution is 0.0929. The summed E-state index contributed by atoms with van der Waals surface area (Å²) < 4.78 is 4.98. The predicted octanol–water partition coefficient (Wildman–Crippen LogP) is 1.59. The number of carbonyl (C=O) groups excluding carboxylic acids is 1. The molecule has 0 fully saturated rings. The van der Waals surface area contributed by atoms with Gasteiger partial charge in [0.15, 0.2) is 0 Å². The van der Waals surface area contributed by atoms with Crippen LogP contribution in [-0.4, -0.2) is 37.7 Å². The van der Waals surface area contributed by atoms with E-state index in [1.165, 1.54) is 0 Å². The van der Waals surface area contributed by atoms with Crippen LogP contribution in [0.25, 0.3) is 0 Å². The van der Waals surface area contributed by atoms with Gasteiger partial charge in [0.05, 0.1) is 0 Å². The van der Waals surface area contributed by atoms with Crippen LogP contribution in [0, 0.1) is 6.92 Å². The number of aromatic nitrogens is 1. The number of hydrogen-bond acceptors (Lipinski definition) is 4. The summed E-state index contributed by atoms with van der Waals surface area (Å²) in [6.07, 6.45) is 0.797. The molecule has 0 saturated heterocycles. The highest BCUT2D eigenvalue weighted by molar-refractivity contribution is 5.95. The van der Waals surface area contributed by atoms with Gasteiger partial charge in [-0.3, -0.25) is 4.79 Å². The number of amides is 1. The van der Waals surface area contributed by atoms with Crippen molar-refractivity contribution >= 4 is 11.7 Å². The number of carbonyl (C=O) groups is 1. The second-order valence-electron chi connectivity index (χ2n) is 4.29. The summed E-state index contributed by atoms with van der Waals surface area (Å²) in [5.41, 5.74) is 1.44. The molecule has 18 heavy (non-hydrogen) atoms. The number of nitrogens with one attached hydrogen (secondary N) is 2. The van der Waals surface area contributed by atoms with Crippen molar-refractivity contribution in [1.29, 1.82) is 0 Å². The third kappa shape index (κ3) is 4.33. The standard InChI is InChI=1S/C13H21N3O2/c1-9(5-6-18-4)16-13(17)11-7-10(2)15-12(8-11)14-3/h7-9H,5-6H2,1-4H3,(H,14,15)(H,16,17). The molecule has 1 atom stereocenters. The Morgan fingerprint density at radius 2 is 2.22 bits per heavy atom. The first-order valence-corrected chi connectivity index (χ1v) is 6.03. The van der Waals surface area contributed by atoms with Crippen LogP contribution in [0.15, 0.2) is 12.1 Å². The van der Waals surface area contributed by atoms with Gasteiger partial charge < -0.3 is 15.4 Å². The molecule has 0 aliphatic rings. The molecular weight excluding hydrogens is 230 g/mol. The summed E-state index contributed by atoms with van der Waals surface area (Å²) in [6, 6.07) is 3.61. The van der Waals surface area contributed by atoms with Gasteiger partial charge in [-0.15, -0.1) is 0 Å². The van der Waals surface area contributed by atoms with E-state index in [9.17, 15) is 4.79 Å². The highest BCUT2D eigenvalue weighted by atomic mass is 16.5. The Balaban J connectivity index is 2.68. The zero-order chi connectivity index (χ0) is 13.5. The van der Waals surface area contributed by atoms with E-state index in [4.69, 9.17) is 4.74 Å². The van der Waals surface area contributed by atoms with Crippen LogP contribution >= 0.6 is 0 Å². The maximum Gasteiger partial charge on any atom is 0.251 e. The molecule has 0 saturated carbocycles. The maximum absolute atomic E-state index is 12.0. The SMILES string of the molecule is CNc1cc(C(=O)NC(C)CCOC)cc(C)n1. The molecule has 1 aromatic rings. The highest BCUT2D eigenvalue weighted by Crippen LogP contribution is 2.10. The van der Waals surface area contributed by atoms with Gasteiger partial charge in [0.2, 0.25) is 0 Å². The van der Waals surface area contributed by atoms with Crippen LogP contribution in [0.4, 0.5) is 5.82 Å². The average Bonchev–Trinajstić information content (AvgIpc) is 2.35. The molecule has 0 spiro atoms. The van der Waals surface area contributed by atoms with Crippen molar-refractivity contribution in [2.24, 2.45) is 0 Å². The second kappa shape index (κ2) is 6.96. The third-order valence-electron chi connectivity index (χ3n) is 2.60. The van der Waals surface area contributed by atoms with Gasteiger partial charge in [0, 0.05) is 38.1 Å². The largest absolute Gasteiger partial charge is 0.385 e. The Morgan fingerprint density at radius 3 is 2.83 bits per heavy atom. The van der Waals surface area contributed by atoms with Crippen LogP contribution in [0.5, 0.6) is 0 Å². The average molecular weight is 251 g/mol. The summed E-state index contributed by atoms with van der Waals surface area (Å²) in [4.78, 5) is 16.3. The van der Waals surface area contributed by atoms with Gasteiger partial charge in [0.1, 0.15) is 5.82 Å². The van der Waals surface area contributed by atoms with Crippen molar-refractivity contribution < 1.29 is 9.53 Å². The number of hydrogen-bond donors (Lipinski definition) is 2. The fraction of sp³-hybridized carbons (Fsp3) is 0.538. The molecule has 100 valence electrons. The van der Waals surface area contributed by atoms with Gasteiger partial charge >= 0.3 is 0 Å². The lowest BCUT2D eigenvalue weighted by Crippen LogP contribution is -2.33. The summed E-state index contributed by atoms with van der Waals surface area (Å²) in [5.74, 6) is 0.616. The van der Waals surface area contributed by atoms with Gasteiger partial charge in [-0.1, -0.05) is 0 Å². The van der Waals surface area contributed by atoms with Crippen LogP contribution < -0.4 is 10.6 Å². The zero-order valence-corrected chi connectivity index (χ0v) is 11.4. The lowest BCUT2D eigenvalue weighted by Gasteiger charge is -2.14. The summed E-state index contributed by atoms with van der Waals surface area (Å²) in [5, 5.41) is 5.87. The number of ether oxygens (including phenoxy) is 1. The van der Waals surface area contributed by atoms with Crippen molar-refractivity contribution in [2.75, 3.05) is 26.1 Å². The Bertz CT molecular complexity index is 407. The van der Waals surface area contributed by atoms with E-state index < -0.39 is 0 Å². The molecular formula is C13H21N3O2. The molecule has 1 aromatic heterocycles. The van der Waals surface area contributed by atoms with E-state index in [0.717, 1.165) is 12.1 Å². The first-order valence-electron chi connectivity index (χ1n) is 6.03. The van der Waals surface area contributed by atoms with Gasteiger partial charge in [-0.25, -0.2) is 4.98 Å². The number of aryl methyl sites for hydroxylation is 1. The predicted molar refractivity (Wildman–Crippen MR) is 71.9 cm³/mol. The van der Waals surface area contributed by atoms with E-state index >= 15 is 0 Å². The Labute approximate surface area is 108 Å². The van der Waals surface area contributed by atoms with Gasteiger partial charge in [-0.05, 0) is 32.4 Å². The number of rotatable bonds is 6. The normalized spacial score (nSPS) is 12.0. The van der Waals surface area contributed by atoms with Crippen molar-refractivity contribution in [1.82, 2.24) is 10.3 Å². The van der Waals surface area contributed by atoms with E-state index in [2.05, 4.69) is 15.6 Å². The number of pyridine rings is 1.